The van der Waals surface area contributed by atoms with E-state index >= 15 is 0 Å². The van der Waals surface area contributed by atoms with Crippen LogP contribution in [0.1, 0.15) is 68.8 Å². The number of nitrogens with zero attached hydrogens (tertiary/aromatic N) is 1. The van der Waals surface area contributed by atoms with Gasteiger partial charge in [0.1, 0.15) is 17.7 Å². The molecule has 0 aliphatic heterocycles. The van der Waals surface area contributed by atoms with E-state index in [0.29, 0.717) is 17.7 Å². The predicted octanol–water partition coefficient (Wildman–Crippen LogP) is 4.30. The van der Waals surface area contributed by atoms with Crippen LogP contribution in [0.3, 0.4) is 0 Å². The standard InChI is InChI=1S/C30H40N4O5/c1-17-11-8-9-14-21(17)32-27(36)26(25-18(2)12-10-13-19(25)3)34(23-15-20(23)4)28(37)22(16-24(31)35)33-29(38)39-30(5,6)7/h8-14,20,22-23,26H,15-16H2,1-7H3,(H2,31,35)(H,32,36)(H,33,38). The fourth-order valence-electron chi connectivity index (χ4n) is 4.77. The Morgan fingerprint density at radius 3 is 2.08 bits per heavy atom. The van der Waals surface area contributed by atoms with Crippen molar-refractivity contribution >= 4 is 29.5 Å². The molecule has 1 aliphatic carbocycles. The summed E-state index contributed by atoms with van der Waals surface area (Å²) >= 11 is 0. The van der Waals surface area contributed by atoms with Crippen LogP contribution in [0.5, 0.6) is 0 Å². The molecule has 0 spiro atoms. The van der Waals surface area contributed by atoms with Gasteiger partial charge in [-0.15, -0.1) is 0 Å². The number of hydrogen-bond acceptors (Lipinski definition) is 5. The number of nitrogens with two attached hydrogens (primary N) is 1. The summed E-state index contributed by atoms with van der Waals surface area (Å²) < 4.78 is 5.35. The van der Waals surface area contributed by atoms with Crippen molar-refractivity contribution in [2.24, 2.45) is 11.7 Å². The normalized spacial score (nSPS) is 17.9. The van der Waals surface area contributed by atoms with E-state index in [9.17, 15) is 19.2 Å². The van der Waals surface area contributed by atoms with E-state index in [2.05, 4.69) is 10.6 Å². The SMILES string of the molecule is Cc1ccccc1NC(=O)C(c1c(C)cccc1C)N(C(=O)C(CC(N)=O)NC(=O)OC(C)(C)C)C1CC1C. The lowest BCUT2D eigenvalue weighted by atomic mass is 9.93. The quantitative estimate of drug-likeness (QED) is 0.440. The molecule has 9 nitrogen and oxygen atoms in total. The van der Waals surface area contributed by atoms with Crippen molar-refractivity contribution in [3.05, 3.63) is 64.7 Å². The van der Waals surface area contributed by atoms with Crippen LogP contribution in [0.2, 0.25) is 0 Å². The van der Waals surface area contributed by atoms with Gasteiger partial charge in [-0.25, -0.2) is 4.79 Å². The highest BCUT2D eigenvalue weighted by atomic mass is 16.6. The van der Waals surface area contributed by atoms with Gasteiger partial charge in [0.25, 0.3) is 5.91 Å². The average Bonchev–Trinajstić information content (AvgIpc) is 3.53. The first-order valence-corrected chi connectivity index (χ1v) is 13.2. The summed E-state index contributed by atoms with van der Waals surface area (Å²) in [5, 5.41) is 5.54. The maximum Gasteiger partial charge on any atom is 0.408 e. The minimum absolute atomic E-state index is 0.128. The summed E-state index contributed by atoms with van der Waals surface area (Å²) in [6.45, 7) is 12.8. The molecule has 9 heteroatoms. The van der Waals surface area contributed by atoms with Crippen LogP contribution in [0, 0.1) is 26.7 Å². The van der Waals surface area contributed by atoms with E-state index in [-0.39, 0.29) is 17.9 Å². The number of primary amides is 1. The van der Waals surface area contributed by atoms with Gasteiger partial charge in [-0.05, 0) is 82.2 Å². The number of carbonyl (C=O) groups is 4. The number of hydrogen-bond donors (Lipinski definition) is 3. The smallest absolute Gasteiger partial charge is 0.408 e. The third-order valence-corrected chi connectivity index (χ3v) is 6.82. The maximum absolute atomic E-state index is 14.2. The Morgan fingerprint density at radius 1 is 1.00 bits per heavy atom. The number of amides is 4. The van der Waals surface area contributed by atoms with Crippen molar-refractivity contribution in [3.63, 3.8) is 0 Å². The van der Waals surface area contributed by atoms with Crippen LogP contribution < -0.4 is 16.4 Å². The molecule has 4 atom stereocenters. The zero-order valence-electron chi connectivity index (χ0n) is 23.8. The van der Waals surface area contributed by atoms with Crippen LogP contribution in [0.4, 0.5) is 10.5 Å². The Balaban J connectivity index is 2.09. The van der Waals surface area contributed by atoms with Gasteiger partial charge in [0.15, 0.2) is 0 Å². The van der Waals surface area contributed by atoms with Gasteiger partial charge in [-0.1, -0.05) is 43.3 Å². The summed E-state index contributed by atoms with van der Waals surface area (Å²) in [4.78, 5) is 54.5. The first-order chi connectivity index (χ1) is 18.2. The number of carbonyl (C=O) groups excluding carboxylic acids is 4. The summed E-state index contributed by atoms with van der Waals surface area (Å²) in [6.07, 6.45) is -0.603. The molecule has 210 valence electrons. The Hall–Kier alpha value is -3.88. The Morgan fingerprint density at radius 2 is 1.56 bits per heavy atom. The molecule has 1 fully saturated rings. The van der Waals surface area contributed by atoms with E-state index in [1.165, 1.54) is 4.90 Å². The molecule has 0 radical (unpaired) electrons. The van der Waals surface area contributed by atoms with Gasteiger partial charge in [0, 0.05) is 11.7 Å². The Labute approximate surface area is 230 Å². The predicted molar refractivity (Wildman–Crippen MR) is 150 cm³/mol. The monoisotopic (exact) mass is 536 g/mol. The Bertz CT molecular complexity index is 1230. The zero-order valence-corrected chi connectivity index (χ0v) is 23.8. The number of nitrogens with one attached hydrogen (secondary N) is 2. The van der Waals surface area contributed by atoms with Gasteiger partial charge < -0.3 is 26.0 Å². The van der Waals surface area contributed by atoms with Crippen molar-refractivity contribution < 1.29 is 23.9 Å². The molecule has 3 rings (SSSR count). The minimum Gasteiger partial charge on any atom is -0.444 e. The number of para-hydroxylation sites is 1. The molecular formula is C30H40N4O5. The summed E-state index contributed by atoms with van der Waals surface area (Å²) in [6, 6.07) is 10.5. The highest BCUT2D eigenvalue weighted by Crippen LogP contribution is 2.42. The van der Waals surface area contributed by atoms with Gasteiger partial charge in [-0.2, -0.15) is 0 Å². The third-order valence-electron chi connectivity index (χ3n) is 6.82. The summed E-state index contributed by atoms with van der Waals surface area (Å²) in [5.74, 6) is -1.59. The molecular weight excluding hydrogens is 496 g/mol. The van der Waals surface area contributed by atoms with E-state index in [4.69, 9.17) is 10.5 Å². The van der Waals surface area contributed by atoms with Gasteiger partial charge in [0.05, 0.1) is 6.42 Å². The van der Waals surface area contributed by atoms with Crippen molar-refractivity contribution in [1.82, 2.24) is 10.2 Å². The fourth-order valence-corrected chi connectivity index (χ4v) is 4.77. The summed E-state index contributed by atoms with van der Waals surface area (Å²) in [5.41, 5.74) is 8.57. The molecule has 0 bridgehead atoms. The van der Waals surface area contributed by atoms with Gasteiger partial charge in [-0.3, -0.25) is 14.4 Å². The summed E-state index contributed by atoms with van der Waals surface area (Å²) in [7, 11) is 0. The van der Waals surface area contributed by atoms with Crippen LogP contribution in [-0.2, 0) is 19.1 Å². The molecule has 0 saturated heterocycles. The van der Waals surface area contributed by atoms with E-state index in [1.807, 2.05) is 64.1 Å². The lowest BCUT2D eigenvalue weighted by Gasteiger charge is -2.36. The first kappa shape index (κ1) is 29.7. The number of benzene rings is 2. The topological polar surface area (TPSA) is 131 Å². The second-order valence-electron chi connectivity index (χ2n) is 11.4. The lowest BCUT2D eigenvalue weighted by molar-refractivity contribution is -0.142. The highest BCUT2D eigenvalue weighted by Gasteiger charge is 2.49. The van der Waals surface area contributed by atoms with E-state index in [0.717, 1.165) is 16.7 Å². The number of ether oxygens (including phenoxy) is 1. The average molecular weight is 537 g/mol. The van der Waals surface area contributed by atoms with Crippen molar-refractivity contribution in [3.8, 4) is 0 Å². The number of alkyl carbamates (subject to hydrolysis) is 1. The lowest BCUT2D eigenvalue weighted by Crippen LogP contribution is -2.54. The zero-order chi connectivity index (χ0) is 29.1. The highest BCUT2D eigenvalue weighted by molar-refractivity contribution is 6.00. The number of aryl methyl sites for hydroxylation is 3. The molecule has 1 aliphatic rings. The van der Waals surface area contributed by atoms with Gasteiger partial charge >= 0.3 is 6.09 Å². The largest absolute Gasteiger partial charge is 0.444 e. The number of anilines is 1. The molecule has 2 aromatic rings. The van der Waals surface area contributed by atoms with Crippen molar-refractivity contribution in [2.75, 3.05) is 5.32 Å². The van der Waals surface area contributed by atoms with Crippen LogP contribution in [0.25, 0.3) is 0 Å². The number of rotatable bonds is 9. The van der Waals surface area contributed by atoms with E-state index in [1.54, 1.807) is 26.8 Å². The molecule has 0 aromatic heterocycles. The van der Waals surface area contributed by atoms with Crippen molar-refractivity contribution in [1.29, 1.82) is 0 Å². The second kappa shape index (κ2) is 11.9. The molecule has 0 heterocycles. The molecule has 39 heavy (non-hydrogen) atoms. The van der Waals surface area contributed by atoms with E-state index < -0.39 is 42.0 Å². The van der Waals surface area contributed by atoms with Gasteiger partial charge in [0.2, 0.25) is 11.8 Å². The molecule has 4 N–H and O–H groups in total. The third kappa shape index (κ3) is 7.59. The molecule has 4 amide bonds. The maximum atomic E-state index is 14.2. The van der Waals surface area contributed by atoms with Crippen LogP contribution >= 0.6 is 0 Å². The first-order valence-electron chi connectivity index (χ1n) is 13.2. The molecule has 1 saturated carbocycles. The molecule has 4 unspecified atom stereocenters. The second-order valence-corrected chi connectivity index (χ2v) is 11.4. The molecule has 2 aromatic carbocycles. The van der Waals surface area contributed by atoms with Crippen LogP contribution in [-0.4, -0.2) is 46.4 Å². The Kier molecular flexibility index (Phi) is 9.04. The fraction of sp³-hybridized carbons (Fsp3) is 0.467. The van der Waals surface area contributed by atoms with Crippen molar-refractivity contribution in [2.45, 2.75) is 85.0 Å². The van der Waals surface area contributed by atoms with Crippen LogP contribution in [0.15, 0.2) is 42.5 Å². The minimum atomic E-state index is -1.30.